The molecule has 0 aromatic carbocycles. The third kappa shape index (κ3) is 2.98. The smallest absolute Gasteiger partial charge is 0.0558 e. The van der Waals surface area contributed by atoms with Gasteiger partial charge in [-0.05, 0) is 44.6 Å². The van der Waals surface area contributed by atoms with E-state index in [1.54, 1.807) is 0 Å². The Hall–Kier alpha value is -0.0800. The standard InChI is InChI=1S/C14H27NO/c1-15(10-11-16)14-8-6-13(7-9-14)12-4-2-3-5-12/h12-14,16H,2-11H2,1H3. The Morgan fingerprint density at radius 2 is 1.50 bits per heavy atom. The van der Waals surface area contributed by atoms with Crippen molar-refractivity contribution >= 4 is 0 Å². The van der Waals surface area contributed by atoms with Gasteiger partial charge in [-0.2, -0.15) is 0 Å². The van der Waals surface area contributed by atoms with Crippen molar-refractivity contribution in [2.75, 3.05) is 20.2 Å². The van der Waals surface area contributed by atoms with Gasteiger partial charge in [-0.25, -0.2) is 0 Å². The van der Waals surface area contributed by atoms with Crippen molar-refractivity contribution in [2.24, 2.45) is 11.8 Å². The second-order valence-corrected chi connectivity index (χ2v) is 5.82. The van der Waals surface area contributed by atoms with Gasteiger partial charge in [0.05, 0.1) is 6.61 Å². The minimum absolute atomic E-state index is 0.305. The summed E-state index contributed by atoms with van der Waals surface area (Å²) in [5.74, 6) is 2.09. The van der Waals surface area contributed by atoms with Gasteiger partial charge in [-0.15, -0.1) is 0 Å². The van der Waals surface area contributed by atoms with E-state index < -0.39 is 0 Å². The summed E-state index contributed by atoms with van der Waals surface area (Å²) in [6.07, 6.45) is 11.6. The highest BCUT2D eigenvalue weighted by Gasteiger charge is 2.30. The maximum atomic E-state index is 8.95. The maximum Gasteiger partial charge on any atom is 0.0558 e. The Bertz CT molecular complexity index is 193. The fourth-order valence-corrected chi connectivity index (χ4v) is 3.78. The van der Waals surface area contributed by atoms with E-state index in [9.17, 15) is 0 Å². The molecule has 0 bridgehead atoms. The maximum absolute atomic E-state index is 8.95. The van der Waals surface area contributed by atoms with E-state index in [1.807, 2.05) is 0 Å². The summed E-state index contributed by atoms with van der Waals surface area (Å²) in [5, 5.41) is 8.95. The molecule has 2 fully saturated rings. The van der Waals surface area contributed by atoms with E-state index in [0.29, 0.717) is 6.61 Å². The number of aliphatic hydroxyl groups is 1. The van der Waals surface area contributed by atoms with Gasteiger partial charge in [-0.1, -0.05) is 25.7 Å². The minimum Gasteiger partial charge on any atom is -0.395 e. The molecule has 2 rings (SSSR count). The lowest BCUT2D eigenvalue weighted by molar-refractivity contribution is 0.120. The molecule has 0 aromatic heterocycles. The van der Waals surface area contributed by atoms with Crippen molar-refractivity contribution in [3.05, 3.63) is 0 Å². The number of aliphatic hydroxyl groups excluding tert-OH is 1. The largest absolute Gasteiger partial charge is 0.395 e. The van der Waals surface area contributed by atoms with Crippen molar-refractivity contribution in [2.45, 2.75) is 57.4 Å². The van der Waals surface area contributed by atoms with Crippen molar-refractivity contribution < 1.29 is 5.11 Å². The van der Waals surface area contributed by atoms with E-state index in [1.165, 1.54) is 51.4 Å². The molecule has 0 spiro atoms. The number of hydrogen-bond acceptors (Lipinski definition) is 2. The van der Waals surface area contributed by atoms with Gasteiger partial charge in [0.1, 0.15) is 0 Å². The van der Waals surface area contributed by atoms with E-state index in [0.717, 1.165) is 24.4 Å². The summed E-state index contributed by atoms with van der Waals surface area (Å²) < 4.78 is 0. The summed E-state index contributed by atoms with van der Waals surface area (Å²) in [6, 6.07) is 0.741. The van der Waals surface area contributed by atoms with Crippen LogP contribution in [-0.2, 0) is 0 Å². The average molecular weight is 225 g/mol. The van der Waals surface area contributed by atoms with Crippen LogP contribution in [-0.4, -0.2) is 36.2 Å². The van der Waals surface area contributed by atoms with Gasteiger partial charge in [0.15, 0.2) is 0 Å². The summed E-state index contributed by atoms with van der Waals surface area (Å²) in [7, 11) is 2.16. The molecule has 16 heavy (non-hydrogen) atoms. The second-order valence-electron chi connectivity index (χ2n) is 5.82. The fraction of sp³-hybridized carbons (Fsp3) is 1.00. The first-order chi connectivity index (χ1) is 7.81. The van der Waals surface area contributed by atoms with E-state index in [-0.39, 0.29) is 0 Å². The zero-order valence-corrected chi connectivity index (χ0v) is 10.7. The first kappa shape index (κ1) is 12.4. The first-order valence-electron chi connectivity index (χ1n) is 7.12. The van der Waals surface area contributed by atoms with Gasteiger partial charge >= 0.3 is 0 Å². The zero-order valence-electron chi connectivity index (χ0n) is 10.7. The van der Waals surface area contributed by atoms with Crippen LogP contribution in [0.5, 0.6) is 0 Å². The number of nitrogens with zero attached hydrogens (tertiary/aromatic N) is 1. The molecule has 2 nitrogen and oxygen atoms in total. The molecule has 0 amide bonds. The lowest BCUT2D eigenvalue weighted by Crippen LogP contribution is -2.37. The quantitative estimate of drug-likeness (QED) is 0.795. The highest BCUT2D eigenvalue weighted by Crippen LogP contribution is 2.39. The normalized spacial score (nSPS) is 32.4. The lowest BCUT2D eigenvalue weighted by atomic mass is 9.77. The predicted molar refractivity (Wildman–Crippen MR) is 67.4 cm³/mol. The van der Waals surface area contributed by atoms with Crippen LogP contribution >= 0.6 is 0 Å². The molecule has 2 heteroatoms. The highest BCUT2D eigenvalue weighted by molar-refractivity contribution is 4.83. The molecule has 0 unspecified atom stereocenters. The molecule has 0 aliphatic heterocycles. The molecule has 1 N–H and O–H groups in total. The topological polar surface area (TPSA) is 23.5 Å². The average Bonchev–Trinajstić information content (AvgIpc) is 2.83. The minimum atomic E-state index is 0.305. The van der Waals surface area contributed by atoms with Crippen LogP contribution in [0.1, 0.15) is 51.4 Å². The monoisotopic (exact) mass is 225 g/mol. The van der Waals surface area contributed by atoms with Crippen molar-refractivity contribution in [1.82, 2.24) is 4.90 Å². The fourth-order valence-electron chi connectivity index (χ4n) is 3.78. The van der Waals surface area contributed by atoms with Gasteiger partial charge < -0.3 is 10.0 Å². The molecule has 0 aromatic rings. The predicted octanol–water partition coefficient (Wildman–Crippen LogP) is 2.66. The summed E-state index contributed by atoms with van der Waals surface area (Å²) in [4.78, 5) is 2.35. The molecule has 0 saturated heterocycles. The first-order valence-corrected chi connectivity index (χ1v) is 7.12. The van der Waals surface area contributed by atoms with Gasteiger partial charge in [0.25, 0.3) is 0 Å². The van der Waals surface area contributed by atoms with E-state index in [4.69, 9.17) is 5.11 Å². The summed E-state index contributed by atoms with van der Waals surface area (Å²) in [6.45, 7) is 1.15. The molecule has 94 valence electrons. The Morgan fingerprint density at radius 3 is 2.06 bits per heavy atom. The molecular formula is C14H27NO. The second kappa shape index (κ2) is 6.02. The highest BCUT2D eigenvalue weighted by atomic mass is 16.3. The van der Waals surface area contributed by atoms with Crippen LogP contribution in [0.25, 0.3) is 0 Å². The third-order valence-corrected chi connectivity index (χ3v) is 4.88. The molecule has 2 saturated carbocycles. The number of likely N-dealkylation sites (N-methyl/N-ethyl adjacent to an activating group) is 1. The van der Waals surface area contributed by atoms with Crippen LogP contribution in [0.2, 0.25) is 0 Å². The van der Waals surface area contributed by atoms with Gasteiger partial charge in [0.2, 0.25) is 0 Å². The van der Waals surface area contributed by atoms with Gasteiger partial charge in [-0.3, -0.25) is 0 Å². The van der Waals surface area contributed by atoms with Crippen LogP contribution < -0.4 is 0 Å². The molecule has 2 aliphatic rings. The lowest BCUT2D eigenvalue weighted by Gasteiger charge is -2.36. The van der Waals surface area contributed by atoms with Crippen molar-refractivity contribution in [1.29, 1.82) is 0 Å². The van der Waals surface area contributed by atoms with Crippen LogP contribution in [0.15, 0.2) is 0 Å². The van der Waals surface area contributed by atoms with Crippen molar-refractivity contribution in [3.63, 3.8) is 0 Å². The van der Waals surface area contributed by atoms with Crippen molar-refractivity contribution in [3.8, 4) is 0 Å². The van der Waals surface area contributed by atoms with Crippen LogP contribution in [0, 0.1) is 11.8 Å². The van der Waals surface area contributed by atoms with Crippen LogP contribution in [0.4, 0.5) is 0 Å². The number of hydrogen-bond donors (Lipinski definition) is 1. The SMILES string of the molecule is CN(CCO)C1CCC(C2CCCC2)CC1. The molecule has 0 heterocycles. The molecule has 0 atom stereocenters. The zero-order chi connectivity index (χ0) is 11.4. The van der Waals surface area contributed by atoms with E-state index >= 15 is 0 Å². The third-order valence-electron chi connectivity index (χ3n) is 4.88. The Kier molecular flexibility index (Phi) is 4.66. The van der Waals surface area contributed by atoms with E-state index in [2.05, 4.69) is 11.9 Å². The Morgan fingerprint density at radius 1 is 0.938 bits per heavy atom. The van der Waals surface area contributed by atoms with Gasteiger partial charge in [0, 0.05) is 12.6 Å². The summed E-state index contributed by atoms with van der Waals surface area (Å²) in [5.41, 5.74) is 0. The Balaban J connectivity index is 1.73. The van der Waals surface area contributed by atoms with Crippen LogP contribution in [0.3, 0.4) is 0 Å². The molecule has 2 aliphatic carbocycles. The summed E-state index contributed by atoms with van der Waals surface area (Å²) >= 11 is 0. The molecular weight excluding hydrogens is 198 g/mol. The molecule has 0 radical (unpaired) electrons. The number of rotatable bonds is 4. The Labute approximate surface area is 100 Å².